The van der Waals surface area contributed by atoms with Crippen LogP contribution in [0.4, 0.5) is 11.5 Å². The van der Waals surface area contributed by atoms with Gasteiger partial charge in [0.1, 0.15) is 11.5 Å². The molecule has 2 aromatic carbocycles. The highest BCUT2D eigenvalue weighted by atomic mass is 35.5. The molecule has 1 aromatic heterocycles. The molecule has 158 valence electrons. The summed E-state index contributed by atoms with van der Waals surface area (Å²) < 4.78 is 10.5. The van der Waals surface area contributed by atoms with Gasteiger partial charge in [0.2, 0.25) is 0 Å². The minimum atomic E-state index is -0.205. The van der Waals surface area contributed by atoms with Gasteiger partial charge < -0.3 is 25.4 Å². The molecule has 0 aliphatic heterocycles. The number of anilines is 2. The lowest BCUT2D eigenvalue weighted by Crippen LogP contribution is -2.30. The van der Waals surface area contributed by atoms with Crippen molar-refractivity contribution in [2.75, 3.05) is 37.9 Å². The smallest absolute Gasteiger partial charge is 0.272 e. The lowest BCUT2D eigenvalue weighted by atomic mass is 10.2. The number of aromatic nitrogens is 2. The maximum absolute atomic E-state index is 11.8. The molecule has 0 fully saturated rings. The molecular formula is C20H22ClN5O3S. The van der Waals surface area contributed by atoms with Crippen molar-refractivity contribution in [3.8, 4) is 11.5 Å². The maximum atomic E-state index is 11.8. The number of H-pyrrole nitrogens is 1. The number of fused-ring (bicyclic) bond motifs is 1. The fourth-order valence-corrected chi connectivity index (χ4v) is 3.32. The first-order valence-electron chi connectivity index (χ1n) is 9.21. The average molecular weight is 448 g/mol. The van der Waals surface area contributed by atoms with Crippen LogP contribution in [0.15, 0.2) is 41.2 Å². The van der Waals surface area contributed by atoms with Gasteiger partial charge in [0, 0.05) is 24.5 Å². The largest absolute Gasteiger partial charge is 0.495 e. The Hall–Kier alpha value is -3.04. The summed E-state index contributed by atoms with van der Waals surface area (Å²) in [6.45, 7) is 1.28. The van der Waals surface area contributed by atoms with Crippen LogP contribution in [0.1, 0.15) is 6.42 Å². The number of thiocarbonyl (C=S) groups is 1. The SMILES string of the molecule is COc1cc(OC)c(NC(=S)NCCCNc2n[nH]c(=O)c3ccccc23)cc1Cl. The van der Waals surface area contributed by atoms with E-state index in [2.05, 4.69) is 26.1 Å². The monoisotopic (exact) mass is 447 g/mol. The highest BCUT2D eigenvalue weighted by molar-refractivity contribution is 7.80. The molecule has 0 radical (unpaired) electrons. The molecule has 10 heteroatoms. The Bertz CT molecular complexity index is 1110. The number of rotatable bonds is 8. The summed E-state index contributed by atoms with van der Waals surface area (Å²) in [5, 5.41) is 18.3. The van der Waals surface area contributed by atoms with Crippen molar-refractivity contribution < 1.29 is 9.47 Å². The number of hydrogen-bond acceptors (Lipinski definition) is 6. The Labute approximate surface area is 183 Å². The molecule has 0 saturated carbocycles. The van der Waals surface area contributed by atoms with Crippen molar-refractivity contribution in [2.45, 2.75) is 6.42 Å². The second kappa shape index (κ2) is 10.1. The predicted octanol–water partition coefficient (Wildman–Crippen LogP) is 3.38. The zero-order valence-corrected chi connectivity index (χ0v) is 18.1. The molecule has 0 aliphatic rings. The highest BCUT2D eigenvalue weighted by Gasteiger charge is 2.11. The zero-order chi connectivity index (χ0) is 21.5. The lowest BCUT2D eigenvalue weighted by molar-refractivity contribution is 0.396. The third kappa shape index (κ3) is 5.11. The molecule has 0 atom stereocenters. The van der Waals surface area contributed by atoms with Gasteiger partial charge in [-0.1, -0.05) is 29.8 Å². The van der Waals surface area contributed by atoms with Crippen LogP contribution < -0.4 is 31.0 Å². The minimum absolute atomic E-state index is 0.205. The van der Waals surface area contributed by atoms with Gasteiger partial charge in [-0.05, 0) is 30.8 Å². The van der Waals surface area contributed by atoms with Gasteiger partial charge in [0.15, 0.2) is 10.9 Å². The van der Waals surface area contributed by atoms with Crippen LogP contribution in [-0.4, -0.2) is 42.6 Å². The van der Waals surface area contributed by atoms with E-state index in [1.165, 1.54) is 0 Å². The Morgan fingerprint density at radius 1 is 1.13 bits per heavy atom. The molecule has 0 spiro atoms. The van der Waals surface area contributed by atoms with E-state index in [1.807, 2.05) is 18.2 Å². The van der Waals surface area contributed by atoms with E-state index in [9.17, 15) is 4.79 Å². The summed E-state index contributed by atoms with van der Waals surface area (Å²) in [4.78, 5) is 11.8. The van der Waals surface area contributed by atoms with Crippen LogP contribution in [0.5, 0.6) is 11.5 Å². The summed E-state index contributed by atoms with van der Waals surface area (Å²) in [6.07, 6.45) is 0.775. The molecule has 3 rings (SSSR count). The third-order valence-corrected chi connectivity index (χ3v) is 4.89. The van der Waals surface area contributed by atoms with Crippen molar-refractivity contribution in [1.29, 1.82) is 0 Å². The van der Waals surface area contributed by atoms with E-state index in [4.69, 9.17) is 33.3 Å². The number of nitrogens with one attached hydrogen (secondary N) is 4. The zero-order valence-electron chi connectivity index (χ0n) is 16.5. The fourth-order valence-electron chi connectivity index (χ4n) is 2.87. The molecule has 8 nitrogen and oxygen atoms in total. The van der Waals surface area contributed by atoms with Gasteiger partial charge in [0.05, 0.1) is 30.3 Å². The van der Waals surface area contributed by atoms with Crippen LogP contribution in [0.3, 0.4) is 0 Å². The predicted molar refractivity (Wildman–Crippen MR) is 124 cm³/mol. The summed E-state index contributed by atoms with van der Waals surface area (Å²) in [6, 6.07) is 10.7. The normalized spacial score (nSPS) is 10.5. The van der Waals surface area contributed by atoms with Gasteiger partial charge in [-0.25, -0.2) is 5.10 Å². The van der Waals surface area contributed by atoms with Crippen molar-refractivity contribution in [3.05, 3.63) is 51.8 Å². The van der Waals surface area contributed by atoms with Crippen molar-refractivity contribution in [1.82, 2.24) is 15.5 Å². The number of methoxy groups -OCH3 is 2. The number of benzene rings is 2. The van der Waals surface area contributed by atoms with Gasteiger partial charge in [-0.3, -0.25) is 4.79 Å². The van der Waals surface area contributed by atoms with E-state index in [0.29, 0.717) is 51.6 Å². The van der Waals surface area contributed by atoms with Crippen LogP contribution >= 0.6 is 23.8 Å². The number of hydrogen-bond donors (Lipinski definition) is 4. The van der Waals surface area contributed by atoms with E-state index >= 15 is 0 Å². The summed E-state index contributed by atoms with van der Waals surface area (Å²) in [5.74, 6) is 1.73. The number of halogens is 1. The van der Waals surface area contributed by atoms with Crippen molar-refractivity contribution in [3.63, 3.8) is 0 Å². The topological polar surface area (TPSA) is 100 Å². The number of aromatic amines is 1. The first kappa shape index (κ1) is 21.7. The average Bonchev–Trinajstić information content (AvgIpc) is 2.75. The Morgan fingerprint density at radius 3 is 2.60 bits per heavy atom. The van der Waals surface area contributed by atoms with Crippen molar-refractivity contribution in [2.24, 2.45) is 0 Å². The standard InChI is InChI=1S/C20H22ClN5O3S/c1-28-16-11-17(29-2)15(10-14(16)21)24-20(30)23-9-5-8-22-18-12-6-3-4-7-13(12)19(27)26-25-18/h3-4,6-7,10-11H,5,8-9H2,1-2H3,(H,22,25)(H,26,27)(H2,23,24,30). The van der Waals surface area contributed by atoms with Gasteiger partial charge in [-0.2, -0.15) is 5.10 Å². The van der Waals surface area contributed by atoms with Crippen LogP contribution in [0.25, 0.3) is 10.8 Å². The first-order chi connectivity index (χ1) is 14.5. The Balaban J connectivity index is 1.50. The van der Waals surface area contributed by atoms with Gasteiger partial charge in [0.25, 0.3) is 5.56 Å². The van der Waals surface area contributed by atoms with E-state index < -0.39 is 0 Å². The quantitative estimate of drug-likeness (QED) is 0.308. The van der Waals surface area contributed by atoms with Crippen LogP contribution in [0.2, 0.25) is 5.02 Å². The molecule has 0 saturated heterocycles. The Morgan fingerprint density at radius 2 is 1.87 bits per heavy atom. The molecule has 4 N–H and O–H groups in total. The lowest BCUT2D eigenvalue weighted by Gasteiger charge is -2.15. The Kier molecular flexibility index (Phi) is 7.31. The fraction of sp³-hybridized carbons (Fsp3) is 0.250. The number of ether oxygens (including phenoxy) is 2. The van der Waals surface area contributed by atoms with Crippen molar-refractivity contribution >= 4 is 51.2 Å². The molecule has 0 amide bonds. The van der Waals surface area contributed by atoms with E-state index in [0.717, 1.165) is 11.8 Å². The summed E-state index contributed by atoms with van der Waals surface area (Å²) >= 11 is 11.5. The second-order valence-corrected chi connectivity index (χ2v) is 7.11. The molecular weight excluding hydrogens is 426 g/mol. The molecule has 1 heterocycles. The van der Waals surface area contributed by atoms with Gasteiger partial charge in [-0.15, -0.1) is 0 Å². The molecule has 3 aromatic rings. The summed E-state index contributed by atoms with van der Waals surface area (Å²) in [7, 11) is 3.10. The van der Waals surface area contributed by atoms with E-state index in [-0.39, 0.29) is 5.56 Å². The van der Waals surface area contributed by atoms with E-state index in [1.54, 1.807) is 32.4 Å². The first-order valence-corrected chi connectivity index (χ1v) is 9.99. The second-order valence-electron chi connectivity index (χ2n) is 6.30. The maximum Gasteiger partial charge on any atom is 0.272 e. The highest BCUT2D eigenvalue weighted by Crippen LogP contribution is 2.35. The van der Waals surface area contributed by atoms with Gasteiger partial charge >= 0.3 is 0 Å². The molecule has 30 heavy (non-hydrogen) atoms. The summed E-state index contributed by atoms with van der Waals surface area (Å²) in [5.41, 5.74) is 0.436. The number of nitrogens with zero attached hydrogens (tertiary/aromatic N) is 1. The minimum Gasteiger partial charge on any atom is -0.495 e. The molecule has 0 aliphatic carbocycles. The third-order valence-electron chi connectivity index (χ3n) is 4.35. The van der Waals surface area contributed by atoms with Crippen LogP contribution in [-0.2, 0) is 0 Å². The molecule has 0 unspecified atom stereocenters. The van der Waals surface area contributed by atoms with Crippen LogP contribution in [0, 0.1) is 0 Å². The molecule has 0 bridgehead atoms.